The summed E-state index contributed by atoms with van der Waals surface area (Å²) in [6.45, 7) is 6.01. The zero-order valence-electron chi connectivity index (χ0n) is 9.24. The van der Waals surface area contributed by atoms with Crippen LogP contribution >= 0.6 is 11.6 Å². The Morgan fingerprint density at radius 2 is 2.00 bits per heavy atom. The Hall–Kier alpha value is -1.28. The Balaban J connectivity index is 0.000000531. The molecule has 0 radical (unpaired) electrons. The van der Waals surface area contributed by atoms with Gasteiger partial charge in [0.25, 0.3) is 0 Å². The lowest BCUT2D eigenvalue weighted by Gasteiger charge is -2.04. The van der Waals surface area contributed by atoms with Gasteiger partial charge in [0.2, 0.25) is 0 Å². The van der Waals surface area contributed by atoms with E-state index in [1.807, 2.05) is 51.2 Å². The van der Waals surface area contributed by atoms with Crippen LogP contribution in [0.3, 0.4) is 0 Å². The third-order valence-electron chi connectivity index (χ3n) is 1.85. The van der Waals surface area contributed by atoms with Gasteiger partial charge in [-0.05, 0) is 30.7 Å². The molecular formula is C12H15ClN2. The third kappa shape index (κ3) is 2.83. The predicted octanol–water partition coefficient (Wildman–Crippen LogP) is 3.86. The lowest BCUT2D eigenvalue weighted by Crippen LogP contribution is -1.94. The number of benzene rings is 1. The third-order valence-corrected chi connectivity index (χ3v) is 2.16. The molecule has 0 saturated carbocycles. The number of rotatable bonds is 1. The van der Waals surface area contributed by atoms with Crippen molar-refractivity contribution >= 4 is 11.6 Å². The van der Waals surface area contributed by atoms with Crippen molar-refractivity contribution in [1.29, 1.82) is 0 Å². The van der Waals surface area contributed by atoms with Crippen molar-refractivity contribution in [2.75, 3.05) is 0 Å². The second-order valence-corrected chi connectivity index (χ2v) is 3.31. The van der Waals surface area contributed by atoms with E-state index in [1.54, 1.807) is 10.9 Å². The first-order valence-corrected chi connectivity index (χ1v) is 5.41. The first-order valence-electron chi connectivity index (χ1n) is 5.03. The van der Waals surface area contributed by atoms with Gasteiger partial charge in [-0.1, -0.05) is 31.5 Å². The topological polar surface area (TPSA) is 17.8 Å². The molecule has 0 saturated heterocycles. The summed E-state index contributed by atoms with van der Waals surface area (Å²) in [5.74, 6) is 0. The minimum atomic E-state index is 0.726. The molecule has 0 aliphatic heterocycles. The van der Waals surface area contributed by atoms with Crippen molar-refractivity contribution in [3.63, 3.8) is 0 Å². The Kier molecular flexibility index (Phi) is 4.37. The van der Waals surface area contributed by atoms with Gasteiger partial charge in [0, 0.05) is 12.4 Å². The van der Waals surface area contributed by atoms with Gasteiger partial charge in [-0.3, -0.25) is 0 Å². The quantitative estimate of drug-likeness (QED) is 0.717. The highest BCUT2D eigenvalue weighted by molar-refractivity contribution is 6.32. The van der Waals surface area contributed by atoms with Crippen LogP contribution in [-0.2, 0) is 0 Å². The van der Waals surface area contributed by atoms with Gasteiger partial charge in [0.05, 0.1) is 10.7 Å². The van der Waals surface area contributed by atoms with Crippen LogP contribution in [0.4, 0.5) is 0 Å². The molecule has 0 atom stereocenters. The SMILES string of the molecule is CC.Cc1ccc(-n2cccn2)c(Cl)c1. The first-order chi connectivity index (χ1) is 7.27. The lowest BCUT2D eigenvalue weighted by atomic mass is 10.2. The van der Waals surface area contributed by atoms with Crippen LogP contribution in [0.2, 0.25) is 5.02 Å². The van der Waals surface area contributed by atoms with Crippen molar-refractivity contribution in [2.45, 2.75) is 20.8 Å². The number of aromatic nitrogens is 2. The molecule has 2 nitrogen and oxygen atoms in total. The fourth-order valence-corrected chi connectivity index (χ4v) is 1.53. The molecule has 0 spiro atoms. The van der Waals surface area contributed by atoms with Gasteiger partial charge in [0.15, 0.2) is 0 Å². The van der Waals surface area contributed by atoms with Crippen LogP contribution in [0, 0.1) is 6.92 Å². The normalized spacial score (nSPS) is 9.33. The molecule has 0 unspecified atom stereocenters. The highest BCUT2D eigenvalue weighted by Gasteiger charge is 2.01. The Labute approximate surface area is 95.5 Å². The summed E-state index contributed by atoms with van der Waals surface area (Å²) in [6, 6.07) is 7.78. The second-order valence-electron chi connectivity index (χ2n) is 2.91. The fraction of sp³-hybridized carbons (Fsp3) is 0.250. The minimum Gasteiger partial charge on any atom is -0.239 e. The largest absolute Gasteiger partial charge is 0.239 e. The highest BCUT2D eigenvalue weighted by atomic mass is 35.5. The average Bonchev–Trinajstić information content (AvgIpc) is 2.74. The van der Waals surface area contributed by atoms with Crippen LogP contribution in [-0.4, -0.2) is 9.78 Å². The van der Waals surface area contributed by atoms with E-state index >= 15 is 0 Å². The molecule has 0 bridgehead atoms. The molecule has 0 N–H and O–H groups in total. The van der Waals surface area contributed by atoms with Crippen molar-refractivity contribution < 1.29 is 0 Å². The predicted molar refractivity (Wildman–Crippen MR) is 64.7 cm³/mol. The van der Waals surface area contributed by atoms with Crippen LogP contribution < -0.4 is 0 Å². The maximum atomic E-state index is 6.06. The lowest BCUT2D eigenvalue weighted by molar-refractivity contribution is 0.880. The molecule has 0 aliphatic carbocycles. The summed E-state index contributed by atoms with van der Waals surface area (Å²) in [7, 11) is 0. The van der Waals surface area contributed by atoms with Crippen molar-refractivity contribution in [1.82, 2.24) is 9.78 Å². The zero-order valence-corrected chi connectivity index (χ0v) is 9.99. The van der Waals surface area contributed by atoms with Gasteiger partial charge in [0.1, 0.15) is 0 Å². The molecular weight excluding hydrogens is 208 g/mol. The Morgan fingerprint density at radius 1 is 1.27 bits per heavy atom. The molecule has 0 amide bonds. The van der Waals surface area contributed by atoms with E-state index in [4.69, 9.17) is 11.6 Å². The number of hydrogen-bond acceptors (Lipinski definition) is 1. The standard InChI is InChI=1S/C10H9ClN2.C2H6/c1-8-3-4-10(9(11)7-8)13-6-2-5-12-13;1-2/h2-7H,1H3;1-2H3. The molecule has 3 heteroatoms. The molecule has 2 rings (SSSR count). The molecule has 0 aliphatic rings. The van der Waals surface area contributed by atoms with E-state index in [-0.39, 0.29) is 0 Å². The van der Waals surface area contributed by atoms with E-state index in [1.165, 1.54) is 0 Å². The summed E-state index contributed by atoms with van der Waals surface area (Å²) in [5.41, 5.74) is 2.07. The number of halogens is 1. The van der Waals surface area contributed by atoms with Gasteiger partial charge in [-0.15, -0.1) is 0 Å². The molecule has 1 aromatic heterocycles. The highest BCUT2D eigenvalue weighted by Crippen LogP contribution is 2.20. The van der Waals surface area contributed by atoms with E-state index in [2.05, 4.69) is 5.10 Å². The van der Waals surface area contributed by atoms with Gasteiger partial charge < -0.3 is 0 Å². The van der Waals surface area contributed by atoms with Crippen LogP contribution in [0.25, 0.3) is 5.69 Å². The molecule has 2 aromatic rings. The van der Waals surface area contributed by atoms with Crippen LogP contribution in [0.5, 0.6) is 0 Å². The zero-order chi connectivity index (χ0) is 11.3. The average molecular weight is 223 g/mol. The smallest absolute Gasteiger partial charge is 0.0831 e. The van der Waals surface area contributed by atoms with Crippen molar-refractivity contribution in [3.8, 4) is 5.69 Å². The molecule has 80 valence electrons. The van der Waals surface area contributed by atoms with E-state index < -0.39 is 0 Å². The van der Waals surface area contributed by atoms with Gasteiger partial charge in [-0.2, -0.15) is 5.10 Å². The summed E-state index contributed by atoms with van der Waals surface area (Å²) in [5, 5.41) is 4.83. The van der Waals surface area contributed by atoms with Gasteiger partial charge >= 0.3 is 0 Å². The summed E-state index contributed by atoms with van der Waals surface area (Å²) < 4.78 is 1.75. The fourth-order valence-electron chi connectivity index (χ4n) is 1.21. The van der Waals surface area contributed by atoms with E-state index in [0.29, 0.717) is 0 Å². The molecule has 1 heterocycles. The summed E-state index contributed by atoms with van der Waals surface area (Å²) >= 11 is 6.06. The van der Waals surface area contributed by atoms with Gasteiger partial charge in [-0.25, -0.2) is 4.68 Å². The monoisotopic (exact) mass is 222 g/mol. The van der Waals surface area contributed by atoms with Crippen molar-refractivity contribution in [3.05, 3.63) is 47.2 Å². The Bertz CT molecular complexity index is 408. The summed E-state index contributed by atoms with van der Waals surface area (Å²) in [4.78, 5) is 0. The maximum absolute atomic E-state index is 6.06. The Morgan fingerprint density at radius 3 is 2.53 bits per heavy atom. The number of hydrogen-bond donors (Lipinski definition) is 0. The number of nitrogens with zero attached hydrogens (tertiary/aromatic N) is 2. The molecule has 1 aromatic carbocycles. The van der Waals surface area contributed by atoms with Crippen LogP contribution in [0.1, 0.15) is 19.4 Å². The van der Waals surface area contributed by atoms with E-state index in [9.17, 15) is 0 Å². The van der Waals surface area contributed by atoms with E-state index in [0.717, 1.165) is 16.3 Å². The maximum Gasteiger partial charge on any atom is 0.0831 e. The second kappa shape index (κ2) is 5.56. The first kappa shape index (κ1) is 11.8. The molecule has 0 fully saturated rings. The number of aryl methyl sites for hydroxylation is 1. The molecule has 15 heavy (non-hydrogen) atoms. The van der Waals surface area contributed by atoms with Crippen molar-refractivity contribution in [2.24, 2.45) is 0 Å². The minimum absolute atomic E-state index is 0.726. The van der Waals surface area contributed by atoms with Crippen LogP contribution in [0.15, 0.2) is 36.7 Å². The summed E-state index contributed by atoms with van der Waals surface area (Å²) in [6.07, 6.45) is 3.60.